The van der Waals surface area contributed by atoms with Crippen LogP contribution in [0.5, 0.6) is 0 Å². The molecule has 1 rings (SSSR count). The fourth-order valence-corrected chi connectivity index (χ4v) is 1.31. The highest BCUT2D eigenvalue weighted by atomic mass is 16.5. The van der Waals surface area contributed by atoms with Crippen molar-refractivity contribution >= 4 is 11.6 Å². The summed E-state index contributed by atoms with van der Waals surface area (Å²) >= 11 is 0. The minimum absolute atomic E-state index is 0.122. The molecule has 5 heteroatoms. The van der Waals surface area contributed by atoms with Gasteiger partial charge in [0.25, 0.3) is 0 Å². The van der Waals surface area contributed by atoms with Crippen molar-refractivity contribution in [1.82, 2.24) is 4.98 Å². The van der Waals surface area contributed by atoms with Crippen LogP contribution in [-0.4, -0.2) is 37.7 Å². The molecule has 0 aliphatic heterocycles. The Hall–Kier alpha value is -1.46. The maximum atomic E-state index is 11.9. The Morgan fingerprint density at radius 3 is 2.75 bits per heavy atom. The molecule has 0 saturated carbocycles. The number of likely N-dealkylation sites (N-methyl/N-ethyl adjacent to an activating group) is 1. The van der Waals surface area contributed by atoms with Gasteiger partial charge in [0.05, 0.1) is 6.04 Å². The highest BCUT2D eigenvalue weighted by molar-refractivity contribution is 5.96. The molecule has 5 nitrogen and oxygen atoms in total. The molecule has 2 N–H and O–H groups in total. The fourth-order valence-electron chi connectivity index (χ4n) is 1.31. The maximum absolute atomic E-state index is 11.9. The van der Waals surface area contributed by atoms with Crippen molar-refractivity contribution in [3.05, 3.63) is 24.5 Å². The van der Waals surface area contributed by atoms with Gasteiger partial charge in [0.1, 0.15) is 0 Å². The van der Waals surface area contributed by atoms with Crippen molar-refractivity contribution in [2.75, 3.05) is 25.7 Å². The average molecular weight is 223 g/mol. The van der Waals surface area contributed by atoms with Crippen molar-refractivity contribution < 1.29 is 9.53 Å². The van der Waals surface area contributed by atoms with Crippen LogP contribution in [0.15, 0.2) is 24.5 Å². The molecule has 0 saturated heterocycles. The molecule has 1 aromatic rings. The molecule has 1 aromatic heterocycles. The van der Waals surface area contributed by atoms with E-state index in [4.69, 9.17) is 10.5 Å². The van der Waals surface area contributed by atoms with Crippen molar-refractivity contribution in [3.8, 4) is 0 Å². The molecule has 16 heavy (non-hydrogen) atoms. The predicted octanol–water partition coefficient (Wildman–Crippen LogP) is 0.408. The molecule has 1 unspecified atom stereocenters. The normalized spacial score (nSPS) is 12.2. The summed E-state index contributed by atoms with van der Waals surface area (Å²) in [6.45, 7) is 0.483. The monoisotopic (exact) mass is 223 g/mol. The zero-order valence-electron chi connectivity index (χ0n) is 9.59. The van der Waals surface area contributed by atoms with Crippen LogP contribution in [0, 0.1) is 0 Å². The van der Waals surface area contributed by atoms with Crippen LogP contribution in [0.4, 0.5) is 5.69 Å². The summed E-state index contributed by atoms with van der Waals surface area (Å²) in [6, 6.07) is 3.00. The number of carbonyl (C=O) groups is 1. The van der Waals surface area contributed by atoms with Crippen molar-refractivity contribution in [2.24, 2.45) is 5.73 Å². The third-order valence-electron chi connectivity index (χ3n) is 2.33. The number of nitrogens with two attached hydrogens (primary N) is 1. The van der Waals surface area contributed by atoms with Crippen molar-refractivity contribution in [3.63, 3.8) is 0 Å². The molecule has 1 heterocycles. The third-order valence-corrected chi connectivity index (χ3v) is 2.33. The van der Waals surface area contributed by atoms with Crippen LogP contribution in [0.1, 0.15) is 6.42 Å². The maximum Gasteiger partial charge on any atom is 0.243 e. The average Bonchev–Trinajstić information content (AvgIpc) is 2.35. The Labute approximate surface area is 95.2 Å². The summed E-state index contributed by atoms with van der Waals surface area (Å²) in [5.41, 5.74) is 6.54. The highest BCUT2D eigenvalue weighted by Gasteiger charge is 2.18. The molecule has 0 aliphatic carbocycles. The lowest BCUT2D eigenvalue weighted by Gasteiger charge is -2.20. The summed E-state index contributed by atoms with van der Waals surface area (Å²) in [5, 5.41) is 0. The number of aromatic nitrogens is 1. The SMILES string of the molecule is COCCC(N)C(=O)N(C)c1ccncc1. The zero-order valence-corrected chi connectivity index (χ0v) is 9.59. The number of pyridine rings is 1. The van der Waals surface area contributed by atoms with E-state index in [-0.39, 0.29) is 5.91 Å². The zero-order chi connectivity index (χ0) is 12.0. The lowest BCUT2D eigenvalue weighted by atomic mass is 10.2. The number of anilines is 1. The number of ether oxygens (including phenoxy) is 1. The lowest BCUT2D eigenvalue weighted by Crippen LogP contribution is -2.42. The van der Waals surface area contributed by atoms with Gasteiger partial charge < -0.3 is 15.4 Å². The quantitative estimate of drug-likeness (QED) is 0.785. The summed E-state index contributed by atoms with van der Waals surface area (Å²) in [6.07, 6.45) is 3.80. The number of hydrogen-bond acceptors (Lipinski definition) is 4. The topological polar surface area (TPSA) is 68.5 Å². The first kappa shape index (κ1) is 12.6. The summed E-state index contributed by atoms with van der Waals surface area (Å²) in [5.74, 6) is -0.122. The molecule has 0 spiro atoms. The molecular formula is C11H17N3O2. The van der Waals surface area contributed by atoms with Gasteiger partial charge in [-0.2, -0.15) is 0 Å². The van der Waals surface area contributed by atoms with Crippen LogP contribution >= 0.6 is 0 Å². The van der Waals surface area contributed by atoms with E-state index >= 15 is 0 Å². The summed E-state index contributed by atoms with van der Waals surface area (Å²) in [4.78, 5) is 17.3. The van der Waals surface area contributed by atoms with E-state index in [1.807, 2.05) is 0 Å². The largest absolute Gasteiger partial charge is 0.385 e. The van der Waals surface area contributed by atoms with Gasteiger partial charge in [-0.1, -0.05) is 0 Å². The van der Waals surface area contributed by atoms with E-state index in [9.17, 15) is 4.79 Å². The van der Waals surface area contributed by atoms with Gasteiger partial charge in [0, 0.05) is 38.8 Å². The van der Waals surface area contributed by atoms with E-state index in [0.29, 0.717) is 13.0 Å². The first-order valence-corrected chi connectivity index (χ1v) is 5.09. The molecule has 0 aromatic carbocycles. The van der Waals surface area contributed by atoms with Crippen molar-refractivity contribution in [1.29, 1.82) is 0 Å². The molecule has 0 aliphatic rings. The van der Waals surface area contributed by atoms with Gasteiger partial charge >= 0.3 is 0 Å². The predicted molar refractivity (Wildman–Crippen MR) is 62.1 cm³/mol. The van der Waals surface area contributed by atoms with Gasteiger partial charge in [-0.05, 0) is 18.6 Å². The second kappa shape index (κ2) is 6.19. The minimum Gasteiger partial charge on any atom is -0.385 e. The number of amides is 1. The van der Waals surface area contributed by atoms with Crippen LogP contribution in [0.3, 0.4) is 0 Å². The molecule has 88 valence electrons. The first-order chi connectivity index (χ1) is 7.66. The Morgan fingerprint density at radius 1 is 1.56 bits per heavy atom. The molecule has 1 amide bonds. The van der Waals surface area contributed by atoms with E-state index in [1.54, 1.807) is 38.7 Å². The van der Waals surface area contributed by atoms with E-state index in [2.05, 4.69) is 4.98 Å². The van der Waals surface area contributed by atoms with Crippen LogP contribution in [-0.2, 0) is 9.53 Å². The molecule has 0 fully saturated rings. The third kappa shape index (κ3) is 3.29. The minimum atomic E-state index is -0.530. The Bertz CT molecular complexity index is 329. The first-order valence-electron chi connectivity index (χ1n) is 5.09. The number of methoxy groups -OCH3 is 1. The van der Waals surface area contributed by atoms with Gasteiger partial charge in [-0.15, -0.1) is 0 Å². The second-order valence-corrected chi connectivity index (χ2v) is 3.49. The van der Waals surface area contributed by atoms with E-state index in [0.717, 1.165) is 5.69 Å². The number of nitrogens with zero attached hydrogens (tertiary/aromatic N) is 2. The lowest BCUT2D eigenvalue weighted by molar-refractivity contribution is -0.119. The van der Waals surface area contributed by atoms with E-state index < -0.39 is 6.04 Å². The summed E-state index contributed by atoms with van der Waals surface area (Å²) < 4.78 is 4.89. The Kier molecular flexibility index (Phi) is 4.88. The van der Waals surface area contributed by atoms with Gasteiger partial charge in [0.15, 0.2) is 0 Å². The van der Waals surface area contributed by atoms with Crippen molar-refractivity contribution in [2.45, 2.75) is 12.5 Å². The van der Waals surface area contributed by atoms with Crippen LogP contribution in [0.25, 0.3) is 0 Å². The smallest absolute Gasteiger partial charge is 0.243 e. The number of hydrogen-bond donors (Lipinski definition) is 1. The van der Waals surface area contributed by atoms with Gasteiger partial charge in [-0.3, -0.25) is 9.78 Å². The van der Waals surface area contributed by atoms with Crippen LogP contribution in [0.2, 0.25) is 0 Å². The molecule has 1 atom stereocenters. The Balaban J connectivity index is 2.60. The molecule has 0 radical (unpaired) electrons. The number of carbonyl (C=O) groups excluding carboxylic acids is 1. The highest BCUT2D eigenvalue weighted by Crippen LogP contribution is 2.11. The summed E-state index contributed by atoms with van der Waals surface area (Å²) in [7, 11) is 3.29. The van der Waals surface area contributed by atoms with Crippen LogP contribution < -0.4 is 10.6 Å². The van der Waals surface area contributed by atoms with Gasteiger partial charge in [0.2, 0.25) is 5.91 Å². The fraction of sp³-hybridized carbons (Fsp3) is 0.455. The number of rotatable bonds is 5. The standard InChI is InChI=1S/C11H17N3O2/c1-14(9-3-6-13-7-4-9)11(15)10(12)5-8-16-2/h3-4,6-7,10H,5,8,12H2,1-2H3. The Morgan fingerprint density at radius 2 is 2.19 bits per heavy atom. The molecular weight excluding hydrogens is 206 g/mol. The van der Waals surface area contributed by atoms with E-state index in [1.165, 1.54) is 4.90 Å². The van der Waals surface area contributed by atoms with Gasteiger partial charge in [-0.25, -0.2) is 0 Å². The second-order valence-electron chi connectivity index (χ2n) is 3.49. The molecule has 0 bridgehead atoms.